The highest BCUT2D eigenvalue weighted by atomic mass is 79.9. The van der Waals surface area contributed by atoms with Crippen LogP contribution in [-0.4, -0.2) is 26.2 Å². The van der Waals surface area contributed by atoms with Crippen LogP contribution in [0.5, 0.6) is 0 Å². The Morgan fingerprint density at radius 1 is 0.633 bits per heavy atom. The van der Waals surface area contributed by atoms with Gasteiger partial charge in [0.25, 0.3) is 0 Å². The third-order valence-electron chi connectivity index (χ3n) is 8.07. The van der Waals surface area contributed by atoms with Crippen LogP contribution in [-0.2, 0) is 21.0 Å². The monoisotopic (exact) mass is 731 g/mol. The molecule has 0 saturated heterocycles. The molecule has 0 N–H and O–H groups in total. The average Bonchev–Trinajstić information content (AvgIpc) is 3.94. The van der Waals surface area contributed by atoms with Crippen molar-refractivity contribution < 1.29 is 22.4 Å². The van der Waals surface area contributed by atoms with Gasteiger partial charge in [-0.15, -0.1) is 0 Å². The summed E-state index contributed by atoms with van der Waals surface area (Å²) in [6, 6.07) is 17.9. The maximum atomic E-state index is 13.1. The summed E-state index contributed by atoms with van der Waals surface area (Å²) in [5.41, 5.74) is -0.873. The molecule has 0 radical (unpaired) electrons. The SMILES string of the molecule is Fc1cccnc1Br.N#CC1(c2ncccc2F)CC1.N#CC1(c2ncccc2F)CC1.N#CC1CC1.O=CC1(c2ncccc2F)CC1. The molecule has 0 aromatic carbocycles. The van der Waals surface area contributed by atoms with Gasteiger partial charge in [0.2, 0.25) is 0 Å². The summed E-state index contributed by atoms with van der Waals surface area (Å²) in [4.78, 5) is 25.9. The highest BCUT2D eigenvalue weighted by Gasteiger charge is 2.49. The third kappa shape index (κ3) is 9.74. The van der Waals surface area contributed by atoms with E-state index in [-0.39, 0.29) is 27.9 Å². The largest absolute Gasteiger partial charge is 0.302 e. The van der Waals surface area contributed by atoms with E-state index in [4.69, 9.17) is 15.8 Å². The average molecular weight is 733 g/mol. The molecular formula is C36H30BrF4N7O. The van der Waals surface area contributed by atoms with E-state index in [2.05, 4.69) is 54.1 Å². The quantitative estimate of drug-likeness (QED) is 0.117. The summed E-state index contributed by atoms with van der Waals surface area (Å²) in [6.07, 6.45) is 13.6. The van der Waals surface area contributed by atoms with Gasteiger partial charge in [-0.3, -0.25) is 15.0 Å². The summed E-state index contributed by atoms with van der Waals surface area (Å²) in [6.45, 7) is 0. The molecule has 4 aliphatic rings. The van der Waals surface area contributed by atoms with Crippen molar-refractivity contribution in [3.05, 3.63) is 118 Å². The van der Waals surface area contributed by atoms with Crippen LogP contribution in [0.15, 0.2) is 77.9 Å². The van der Waals surface area contributed by atoms with Crippen LogP contribution in [0.1, 0.15) is 68.4 Å². The Hall–Kier alpha value is -5.06. The van der Waals surface area contributed by atoms with E-state index in [1.807, 2.05) is 0 Å². The van der Waals surface area contributed by atoms with E-state index >= 15 is 0 Å². The Balaban J connectivity index is 0.000000142. The number of hydrogen-bond acceptors (Lipinski definition) is 8. The topological polar surface area (TPSA) is 140 Å². The second-order valence-corrected chi connectivity index (χ2v) is 12.6. The van der Waals surface area contributed by atoms with Gasteiger partial charge in [-0.05, 0) is 116 Å². The second kappa shape index (κ2) is 16.4. The maximum Gasteiger partial charge on any atom is 0.155 e. The van der Waals surface area contributed by atoms with Gasteiger partial charge < -0.3 is 4.79 Å². The van der Waals surface area contributed by atoms with Crippen molar-refractivity contribution in [1.82, 2.24) is 19.9 Å². The molecule has 49 heavy (non-hydrogen) atoms. The van der Waals surface area contributed by atoms with Gasteiger partial charge in [0.15, 0.2) is 5.82 Å². The lowest BCUT2D eigenvalue weighted by Crippen LogP contribution is -2.12. The molecule has 4 aliphatic carbocycles. The van der Waals surface area contributed by atoms with Crippen molar-refractivity contribution in [3.8, 4) is 18.2 Å². The molecule has 0 bridgehead atoms. The van der Waals surface area contributed by atoms with Gasteiger partial charge in [0.1, 0.15) is 39.2 Å². The van der Waals surface area contributed by atoms with Crippen LogP contribution in [0.25, 0.3) is 0 Å². The zero-order valence-electron chi connectivity index (χ0n) is 26.2. The fourth-order valence-corrected chi connectivity index (χ4v) is 4.66. The summed E-state index contributed by atoms with van der Waals surface area (Å²) in [5, 5.41) is 25.5. The Morgan fingerprint density at radius 2 is 1.02 bits per heavy atom. The number of carbonyl (C=O) groups is 1. The smallest absolute Gasteiger partial charge is 0.155 e. The fourth-order valence-electron chi connectivity index (χ4n) is 4.40. The van der Waals surface area contributed by atoms with Gasteiger partial charge in [0.05, 0.1) is 40.7 Å². The van der Waals surface area contributed by atoms with Crippen LogP contribution in [0.3, 0.4) is 0 Å². The van der Waals surface area contributed by atoms with Gasteiger partial charge in [-0.2, -0.15) is 15.8 Å². The number of hydrogen-bond donors (Lipinski definition) is 0. The minimum atomic E-state index is -0.606. The summed E-state index contributed by atoms with van der Waals surface area (Å²) in [7, 11) is 0. The van der Waals surface area contributed by atoms with Crippen LogP contribution < -0.4 is 0 Å². The van der Waals surface area contributed by atoms with E-state index in [0.29, 0.717) is 23.0 Å². The van der Waals surface area contributed by atoms with Crippen LogP contribution in [0, 0.1) is 63.2 Å². The first-order valence-corrected chi connectivity index (χ1v) is 16.2. The highest BCUT2D eigenvalue weighted by molar-refractivity contribution is 9.10. The molecule has 250 valence electrons. The molecule has 8 rings (SSSR count). The molecule has 4 aromatic rings. The molecule has 0 spiro atoms. The second-order valence-electron chi connectivity index (χ2n) is 11.8. The Bertz CT molecular complexity index is 1800. The molecule has 13 heteroatoms. The van der Waals surface area contributed by atoms with Gasteiger partial charge in [-0.25, -0.2) is 22.5 Å². The highest BCUT2D eigenvalue weighted by Crippen LogP contribution is 2.48. The van der Waals surface area contributed by atoms with Crippen molar-refractivity contribution >= 4 is 22.2 Å². The summed E-state index contributed by atoms with van der Waals surface area (Å²) < 4.78 is 51.8. The predicted molar refractivity (Wildman–Crippen MR) is 173 cm³/mol. The molecule has 4 fully saturated rings. The lowest BCUT2D eigenvalue weighted by atomic mass is 10.0. The lowest BCUT2D eigenvalue weighted by Gasteiger charge is -2.05. The molecule has 4 heterocycles. The lowest BCUT2D eigenvalue weighted by molar-refractivity contribution is -0.110. The molecule has 0 aliphatic heterocycles. The van der Waals surface area contributed by atoms with Crippen molar-refractivity contribution in [1.29, 1.82) is 15.8 Å². The van der Waals surface area contributed by atoms with Crippen LogP contribution in [0.4, 0.5) is 17.6 Å². The van der Waals surface area contributed by atoms with Crippen LogP contribution in [0.2, 0.25) is 0 Å². The molecule has 0 atom stereocenters. The Morgan fingerprint density at radius 3 is 1.24 bits per heavy atom. The van der Waals surface area contributed by atoms with Crippen molar-refractivity contribution in [2.24, 2.45) is 5.92 Å². The number of nitrogens with zero attached hydrogens (tertiary/aromatic N) is 7. The molecule has 8 nitrogen and oxygen atoms in total. The number of aromatic nitrogens is 4. The van der Waals surface area contributed by atoms with E-state index in [1.54, 1.807) is 6.07 Å². The van der Waals surface area contributed by atoms with E-state index < -0.39 is 16.2 Å². The van der Waals surface area contributed by atoms with E-state index in [1.165, 1.54) is 67.3 Å². The van der Waals surface area contributed by atoms with Crippen molar-refractivity contribution in [3.63, 3.8) is 0 Å². The number of halogens is 5. The number of nitriles is 3. The molecule has 4 saturated carbocycles. The normalized spacial score (nSPS) is 17.3. The number of pyridine rings is 4. The molecule has 4 aromatic heterocycles. The minimum absolute atomic E-state index is 0.264. The summed E-state index contributed by atoms with van der Waals surface area (Å²) in [5.74, 6) is -0.988. The molecule has 0 unspecified atom stereocenters. The Labute approximate surface area is 289 Å². The van der Waals surface area contributed by atoms with Gasteiger partial charge in [0, 0.05) is 30.7 Å². The predicted octanol–water partition coefficient (Wildman–Crippen LogP) is 7.91. The molecule has 0 amide bonds. The number of rotatable bonds is 4. The van der Waals surface area contributed by atoms with E-state index in [0.717, 1.165) is 57.7 Å². The maximum absolute atomic E-state index is 13.1. The molecular weight excluding hydrogens is 702 g/mol. The standard InChI is InChI=1S/2C9H7FN2.C9H8FNO.C5H3BrFN.C4H5N/c2*10-7-2-1-5-12-8(7)9(6-11)3-4-9;10-7-2-1-5-11-8(7)9(6-12)3-4-9;6-5-4(7)2-1-3-8-5;5-3-4-1-2-4/h2*1-2,5H,3-4H2;1-2,5-6H,3-4H2;1-3H;4H,1-2H2. The van der Waals surface area contributed by atoms with Gasteiger partial charge >= 0.3 is 0 Å². The zero-order chi connectivity index (χ0) is 35.5. The van der Waals surface area contributed by atoms with Gasteiger partial charge in [-0.1, -0.05) is 0 Å². The first kappa shape index (κ1) is 36.8. The first-order valence-electron chi connectivity index (χ1n) is 15.4. The van der Waals surface area contributed by atoms with Crippen molar-refractivity contribution in [2.75, 3.05) is 0 Å². The number of aldehydes is 1. The third-order valence-corrected chi connectivity index (χ3v) is 8.65. The van der Waals surface area contributed by atoms with Crippen LogP contribution >= 0.6 is 15.9 Å². The zero-order valence-corrected chi connectivity index (χ0v) is 27.8. The minimum Gasteiger partial charge on any atom is -0.302 e. The fraction of sp³-hybridized carbons (Fsp3) is 0.333. The Kier molecular flexibility index (Phi) is 12.3. The van der Waals surface area contributed by atoms with Crippen molar-refractivity contribution in [2.45, 2.75) is 67.6 Å². The summed E-state index contributed by atoms with van der Waals surface area (Å²) >= 11 is 2.91. The first-order chi connectivity index (χ1) is 23.6. The number of carbonyl (C=O) groups excluding carboxylic acids is 1. The van der Waals surface area contributed by atoms with E-state index in [9.17, 15) is 22.4 Å².